The number of thiazole rings is 1. The Hall–Kier alpha value is -3.48. The number of aromatic nitrogens is 1. The molecule has 3 rings (SSSR count). The number of carbonyl (C=O) groups is 2. The second-order valence-corrected chi connectivity index (χ2v) is 8.80. The summed E-state index contributed by atoms with van der Waals surface area (Å²) in [5.41, 5.74) is 3.92. The molecule has 9 heteroatoms. The van der Waals surface area contributed by atoms with Gasteiger partial charge < -0.3 is 14.8 Å². The fourth-order valence-corrected chi connectivity index (χ4v) is 4.84. The lowest BCUT2D eigenvalue weighted by molar-refractivity contribution is 0.0527. The highest BCUT2D eigenvalue weighted by Gasteiger charge is 2.26. The van der Waals surface area contributed by atoms with E-state index in [2.05, 4.69) is 16.4 Å². The van der Waals surface area contributed by atoms with Crippen LogP contribution < -0.4 is 5.32 Å². The molecule has 0 aliphatic carbocycles. The van der Waals surface area contributed by atoms with Crippen molar-refractivity contribution in [2.24, 2.45) is 0 Å². The fourth-order valence-electron chi connectivity index (χ4n) is 2.99. The van der Waals surface area contributed by atoms with Crippen LogP contribution in [0.5, 0.6) is 0 Å². The van der Waals surface area contributed by atoms with Gasteiger partial charge in [-0.2, -0.15) is 5.26 Å². The number of thiophene rings is 1. The molecule has 2 aromatic heterocycles. The van der Waals surface area contributed by atoms with Crippen LogP contribution in [0.3, 0.4) is 0 Å². The summed E-state index contributed by atoms with van der Waals surface area (Å²) in [6.45, 7) is 7.53. The third-order valence-electron chi connectivity index (χ3n) is 4.64. The van der Waals surface area contributed by atoms with Gasteiger partial charge in [-0.25, -0.2) is 14.6 Å². The van der Waals surface area contributed by atoms with Gasteiger partial charge in [-0.15, -0.1) is 22.7 Å². The summed E-state index contributed by atoms with van der Waals surface area (Å²) in [4.78, 5) is 29.8. The van der Waals surface area contributed by atoms with Crippen molar-refractivity contribution in [2.75, 3.05) is 18.5 Å². The molecule has 0 spiro atoms. The summed E-state index contributed by atoms with van der Waals surface area (Å²) in [6.07, 6.45) is 1.49. The highest BCUT2D eigenvalue weighted by molar-refractivity contribution is 7.18. The molecular formula is C24H23N3O4S2. The molecule has 0 saturated carbocycles. The van der Waals surface area contributed by atoms with Crippen LogP contribution in [-0.2, 0) is 9.47 Å². The second-order valence-electron chi connectivity index (χ2n) is 6.92. The van der Waals surface area contributed by atoms with Crippen molar-refractivity contribution in [3.8, 4) is 17.3 Å². The lowest BCUT2D eigenvalue weighted by Crippen LogP contribution is -2.09. The lowest BCUT2D eigenvalue weighted by Gasteiger charge is -2.05. The summed E-state index contributed by atoms with van der Waals surface area (Å²) in [5, 5.41) is 15.5. The average Bonchev–Trinajstić information content (AvgIpc) is 3.40. The maximum Gasteiger partial charge on any atom is 0.348 e. The number of benzene rings is 1. The Bertz CT molecular complexity index is 1230. The van der Waals surface area contributed by atoms with Gasteiger partial charge in [0.15, 0.2) is 0 Å². The van der Waals surface area contributed by atoms with Gasteiger partial charge in [0, 0.05) is 17.1 Å². The molecule has 0 saturated heterocycles. The zero-order valence-corrected chi connectivity index (χ0v) is 20.4. The summed E-state index contributed by atoms with van der Waals surface area (Å²) in [5.74, 6) is -1.06. The van der Waals surface area contributed by atoms with Gasteiger partial charge in [0.1, 0.15) is 26.5 Å². The van der Waals surface area contributed by atoms with Gasteiger partial charge in [-0.3, -0.25) is 0 Å². The minimum Gasteiger partial charge on any atom is -0.462 e. The Kier molecular flexibility index (Phi) is 7.98. The number of allylic oxidation sites excluding steroid dienone is 1. The minimum atomic E-state index is -0.549. The number of anilines is 1. The number of nitrogens with zero attached hydrogens (tertiary/aromatic N) is 2. The molecule has 0 unspecified atom stereocenters. The standard InChI is InChI=1S/C24H23N3O4S2/c1-5-30-23(28)19-15(4)20(24(29)31-6-2)33-22(19)26-12-17(11-25)21-27-18(13-32-21)16-9-7-14(3)8-10-16/h7-10,12-13,26H,5-6H2,1-4H3. The number of aryl methyl sites for hydroxylation is 1. The third-order valence-corrected chi connectivity index (χ3v) is 6.72. The van der Waals surface area contributed by atoms with Crippen molar-refractivity contribution in [2.45, 2.75) is 27.7 Å². The molecular weight excluding hydrogens is 458 g/mol. The molecule has 0 bridgehead atoms. The van der Waals surface area contributed by atoms with Gasteiger partial charge in [-0.1, -0.05) is 29.8 Å². The topological polar surface area (TPSA) is 101 Å². The number of rotatable bonds is 8. The summed E-state index contributed by atoms with van der Waals surface area (Å²) in [6, 6.07) is 10.1. The Morgan fingerprint density at radius 3 is 2.42 bits per heavy atom. The predicted molar refractivity (Wildman–Crippen MR) is 130 cm³/mol. The normalized spacial score (nSPS) is 11.1. The number of esters is 2. The largest absolute Gasteiger partial charge is 0.462 e. The summed E-state index contributed by atoms with van der Waals surface area (Å²) >= 11 is 2.43. The molecule has 0 atom stereocenters. The van der Waals surface area contributed by atoms with Gasteiger partial charge in [-0.05, 0) is 33.3 Å². The molecule has 33 heavy (non-hydrogen) atoms. The summed E-state index contributed by atoms with van der Waals surface area (Å²) < 4.78 is 10.3. The Morgan fingerprint density at radius 2 is 1.79 bits per heavy atom. The van der Waals surface area contributed by atoms with Crippen LogP contribution in [0.4, 0.5) is 5.00 Å². The number of hydrogen-bond acceptors (Lipinski definition) is 9. The molecule has 0 fully saturated rings. The van der Waals surface area contributed by atoms with E-state index in [0.717, 1.165) is 28.2 Å². The highest BCUT2D eigenvalue weighted by atomic mass is 32.1. The SMILES string of the molecule is CCOC(=O)c1sc(NC=C(C#N)c2nc(-c3ccc(C)cc3)cs2)c(C(=O)OCC)c1C. The maximum absolute atomic E-state index is 12.5. The van der Waals surface area contributed by atoms with Crippen LogP contribution in [-0.4, -0.2) is 30.1 Å². The third kappa shape index (κ3) is 5.48. The molecule has 1 N–H and O–H groups in total. The van der Waals surface area contributed by atoms with Crippen LogP contribution in [0.15, 0.2) is 35.8 Å². The van der Waals surface area contributed by atoms with Crippen molar-refractivity contribution in [3.63, 3.8) is 0 Å². The Balaban J connectivity index is 1.93. The van der Waals surface area contributed by atoms with Crippen molar-refractivity contribution < 1.29 is 19.1 Å². The number of carbonyl (C=O) groups excluding carboxylic acids is 2. The lowest BCUT2D eigenvalue weighted by atomic mass is 10.1. The van der Waals surface area contributed by atoms with Gasteiger partial charge >= 0.3 is 11.9 Å². The van der Waals surface area contributed by atoms with E-state index in [0.29, 0.717) is 26.0 Å². The Morgan fingerprint density at radius 1 is 1.12 bits per heavy atom. The maximum atomic E-state index is 12.5. The number of ether oxygens (including phenoxy) is 2. The molecule has 7 nitrogen and oxygen atoms in total. The van der Waals surface area contributed by atoms with Gasteiger partial charge in [0.25, 0.3) is 0 Å². The van der Waals surface area contributed by atoms with E-state index in [-0.39, 0.29) is 18.8 Å². The molecule has 0 aliphatic rings. The van der Waals surface area contributed by atoms with Gasteiger partial charge in [0.2, 0.25) is 0 Å². The van der Waals surface area contributed by atoms with E-state index < -0.39 is 11.9 Å². The molecule has 1 aromatic carbocycles. The predicted octanol–water partition coefficient (Wildman–Crippen LogP) is 5.82. The van der Waals surface area contributed by atoms with E-state index in [9.17, 15) is 14.9 Å². The van der Waals surface area contributed by atoms with E-state index >= 15 is 0 Å². The molecule has 0 radical (unpaired) electrons. The van der Waals surface area contributed by atoms with Crippen molar-refractivity contribution in [3.05, 3.63) is 62.4 Å². The molecule has 3 aromatic rings. The smallest absolute Gasteiger partial charge is 0.348 e. The van der Waals surface area contributed by atoms with E-state index in [1.54, 1.807) is 20.8 Å². The zero-order valence-electron chi connectivity index (χ0n) is 18.7. The van der Waals surface area contributed by atoms with E-state index in [1.165, 1.54) is 17.5 Å². The van der Waals surface area contributed by atoms with Crippen LogP contribution in [0, 0.1) is 25.2 Å². The molecule has 0 aliphatic heterocycles. The highest BCUT2D eigenvalue weighted by Crippen LogP contribution is 2.35. The first-order chi connectivity index (χ1) is 15.9. The molecule has 170 valence electrons. The van der Waals surface area contributed by atoms with E-state index in [1.807, 2.05) is 36.6 Å². The van der Waals surface area contributed by atoms with Crippen molar-refractivity contribution in [1.29, 1.82) is 5.26 Å². The first-order valence-corrected chi connectivity index (χ1v) is 12.0. The number of nitrogens with one attached hydrogen (secondary N) is 1. The second kappa shape index (κ2) is 10.9. The molecule has 2 heterocycles. The van der Waals surface area contributed by atoms with Crippen LogP contribution in [0.2, 0.25) is 0 Å². The Labute approximate surface area is 200 Å². The quantitative estimate of drug-likeness (QED) is 0.319. The van der Waals surface area contributed by atoms with Gasteiger partial charge in [0.05, 0.1) is 24.5 Å². The van der Waals surface area contributed by atoms with Crippen LogP contribution >= 0.6 is 22.7 Å². The fraction of sp³-hybridized carbons (Fsp3) is 0.250. The first kappa shape index (κ1) is 24.2. The average molecular weight is 482 g/mol. The van der Waals surface area contributed by atoms with Crippen molar-refractivity contribution in [1.82, 2.24) is 4.98 Å². The zero-order chi connectivity index (χ0) is 24.0. The number of hydrogen-bond donors (Lipinski definition) is 1. The van der Waals surface area contributed by atoms with Crippen molar-refractivity contribution >= 4 is 45.2 Å². The minimum absolute atomic E-state index is 0.197. The monoisotopic (exact) mass is 481 g/mol. The van der Waals surface area contributed by atoms with E-state index in [4.69, 9.17) is 9.47 Å². The van der Waals surface area contributed by atoms with Crippen LogP contribution in [0.1, 0.15) is 50.0 Å². The number of nitriles is 1. The first-order valence-electron chi connectivity index (χ1n) is 10.3. The summed E-state index contributed by atoms with van der Waals surface area (Å²) in [7, 11) is 0. The van der Waals surface area contributed by atoms with Crippen LogP contribution in [0.25, 0.3) is 16.8 Å². The molecule has 0 amide bonds.